The highest BCUT2D eigenvalue weighted by molar-refractivity contribution is 9.10. The average Bonchev–Trinajstić information content (AvgIpc) is 2.45. The largest absolute Gasteiger partial charge is 0.328 e. The molecule has 1 unspecified atom stereocenters. The Balaban J connectivity index is 2.16. The molecule has 0 radical (unpaired) electrons. The zero-order valence-electron chi connectivity index (χ0n) is 13.0. The molecule has 0 aromatic heterocycles. The van der Waals surface area contributed by atoms with Gasteiger partial charge in [-0.1, -0.05) is 40.5 Å². The Morgan fingerprint density at radius 2 is 2.00 bits per heavy atom. The lowest BCUT2D eigenvalue weighted by molar-refractivity contribution is 0.107. The van der Waals surface area contributed by atoms with Crippen molar-refractivity contribution in [2.45, 2.75) is 64.1 Å². The molecule has 0 aliphatic heterocycles. The van der Waals surface area contributed by atoms with Crippen LogP contribution in [0.4, 0.5) is 0 Å². The average molecular weight is 374 g/mol. The van der Waals surface area contributed by atoms with Crippen LogP contribution in [0.25, 0.3) is 0 Å². The number of rotatable bonds is 5. The Morgan fingerprint density at radius 1 is 1.33 bits per heavy atom. The number of benzene rings is 1. The van der Waals surface area contributed by atoms with E-state index in [1.807, 2.05) is 6.07 Å². The molecule has 1 saturated carbocycles. The van der Waals surface area contributed by atoms with Gasteiger partial charge in [-0.25, -0.2) is 0 Å². The van der Waals surface area contributed by atoms with Crippen LogP contribution in [0.1, 0.15) is 57.6 Å². The predicted octanol–water partition coefficient (Wildman–Crippen LogP) is 5.15. The first kappa shape index (κ1) is 17.3. The van der Waals surface area contributed by atoms with Gasteiger partial charge >= 0.3 is 0 Å². The van der Waals surface area contributed by atoms with E-state index >= 15 is 0 Å². The van der Waals surface area contributed by atoms with E-state index in [1.165, 1.54) is 24.8 Å². The van der Waals surface area contributed by atoms with Crippen molar-refractivity contribution in [2.24, 2.45) is 5.73 Å². The molecule has 2 N–H and O–H groups in total. The van der Waals surface area contributed by atoms with Crippen LogP contribution in [-0.4, -0.2) is 23.5 Å². The first-order valence-corrected chi connectivity index (χ1v) is 9.16. The molecule has 1 fully saturated rings. The Hall–Kier alpha value is -0.0900. The maximum atomic E-state index is 6.45. The second-order valence-corrected chi connectivity index (χ2v) is 7.47. The van der Waals surface area contributed by atoms with Gasteiger partial charge in [0, 0.05) is 27.6 Å². The maximum Gasteiger partial charge on any atom is 0.0464 e. The van der Waals surface area contributed by atoms with Crippen molar-refractivity contribution in [3.8, 4) is 0 Å². The second kappa shape index (κ2) is 7.96. The molecule has 1 aliphatic carbocycles. The van der Waals surface area contributed by atoms with Crippen molar-refractivity contribution in [3.05, 3.63) is 33.3 Å². The summed E-state index contributed by atoms with van der Waals surface area (Å²) in [7, 11) is 0. The highest BCUT2D eigenvalue weighted by Crippen LogP contribution is 2.34. The number of hydrogen-bond acceptors (Lipinski definition) is 2. The lowest BCUT2D eigenvalue weighted by Gasteiger charge is -2.40. The third kappa shape index (κ3) is 4.44. The van der Waals surface area contributed by atoms with Crippen molar-refractivity contribution in [3.63, 3.8) is 0 Å². The minimum atomic E-state index is 0.352. The second-order valence-electron chi connectivity index (χ2n) is 6.15. The lowest BCUT2D eigenvalue weighted by atomic mass is 9.89. The summed E-state index contributed by atoms with van der Waals surface area (Å²) >= 11 is 9.94. The maximum absolute atomic E-state index is 6.45. The Labute approximate surface area is 142 Å². The van der Waals surface area contributed by atoms with Gasteiger partial charge in [-0.2, -0.15) is 0 Å². The van der Waals surface area contributed by atoms with E-state index in [9.17, 15) is 0 Å². The van der Waals surface area contributed by atoms with Crippen LogP contribution in [0.5, 0.6) is 0 Å². The van der Waals surface area contributed by atoms with Crippen LogP contribution in [0, 0.1) is 0 Å². The molecular formula is C17H26BrClN2. The fourth-order valence-electron chi connectivity index (χ4n) is 3.40. The van der Waals surface area contributed by atoms with Crippen molar-refractivity contribution >= 4 is 27.5 Å². The number of nitrogens with two attached hydrogens (primary N) is 1. The van der Waals surface area contributed by atoms with Crippen molar-refractivity contribution < 1.29 is 0 Å². The molecule has 2 rings (SSSR count). The molecular weight excluding hydrogens is 348 g/mol. The smallest absolute Gasteiger partial charge is 0.0464 e. The summed E-state index contributed by atoms with van der Waals surface area (Å²) in [6, 6.07) is 7.61. The van der Waals surface area contributed by atoms with Gasteiger partial charge in [0.25, 0.3) is 0 Å². The first-order valence-electron chi connectivity index (χ1n) is 7.99. The van der Waals surface area contributed by atoms with Gasteiger partial charge in [0.2, 0.25) is 0 Å². The van der Waals surface area contributed by atoms with Crippen molar-refractivity contribution in [1.82, 2.24) is 4.90 Å². The molecule has 0 spiro atoms. The molecule has 1 atom stereocenters. The quantitative estimate of drug-likeness (QED) is 0.773. The Bertz CT molecular complexity index is 458. The fourth-order valence-corrected chi connectivity index (χ4v) is 4.23. The zero-order valence-corrected chi connectivity index (χ0v) is 15.3. The minimum Gasteiger partial charge on any atom is -0.328 e. The molecule has 1 aliphatic rings. The van der Waals surface area contributed by atoms with Crippen LogP contribution in [-0.2, 0) is 0 Å². The molecule has 0 bridgehead atoms. The Morgan fingerprint density at radius 3 is 2.57 bits per heavy atom. The molecule has 0 heterocycles. The van der Waals surface area contributed by atoms with E-state index in [0.29, 0.717) is 18.1 Å². The van der Waals surface area contributed by atoms with Gasteiger partial charge in [-0.15, -0.1) is 0 Å². The summed E-state index contributed by atoms with van der Waals surface area (Å²) in [6.45, 7) is 5.64. The molecule has 2 nitrogen and oxygen atoms in total. The van der Waals surface area contributed by atoms with Gasteiger partial charge in [0.15, 0.2) is 0 Å². The summed E-state index contributed by atoms with van der Waals surface area (Å²) in [5.74, 6) is 0. The summed E-state index contributed by atoms with van der Waals surface area (Å²) in [5.41, 5.74) is 7.28. The van der Waals surface area contributed by atoms with Crippen molar-refractivity contribution in [1.29, 1.82) is 0 Å². The van der Waals surface area contributed by atoms with Gasteiger partial charge in [0.1, 0.15) is 0 Å². The topological polar surface area (TPSA) is 29.3 Å². The molecule has 0 saturated heterocycles. The standard InChI is InChI=1S/C17H26BrClN2/c1-3-10-21(15-7-5-14(20)6-8-15)12(2)16-9-4-13(18)11-17(16)19/h4,9,11-12,14-15H,3,5-8,10,20H2,1-2H3. The van der Waals surface area contributed by atoms with Crippen molar-refractivity contribution in [2.75, 3.05) is 6.54 Å². The van der Waals surface area contributed by atoms with Crippen LogP contribution in [0.2, 0.25) is 5.02 Å². The van der Waals surface area contributed by atoms with E-state index in [2.05, 4.69) is 46.8 Å². The van der Waals surface area contributed by atoms with Gasteiger partial charge in [0.05, 0.1) is 0 Å². The minimum absolute atomic E-state index is 0.352. The van der Waals surface area contributed by atoms with E-state index in [0.717, 1.165) is 28.9 Å². The van der Waals surface area contributed by atoms with Gasteiger partial charge in [-0.3, -0.25) is 4.90 Å². The fraction of sp³-hybridized carbons (Fsp3) is 0.647. The SMILES string of the molecule is CCCN(C1CCC(N)CC1)C(C)c1ccc(Br)cc1Cl. The summed E-state index contributed by atoms with van der Waals surface area (Å²) in [4.78, 5) is 2.63. The normalized spacial score (nSPS) is 24.3. The van der Waals surface area contributed by atoms with Crippen LogP contribution in [0.15, 0.2) is 22.7 Å². The molecule has 1 aromatic rings. The molecule has 4 heteroatoms. The summed E-state index contributed by atoms with van der Waals surface area (Å²) in [6.07, 6.45) is 5.87. The number of hydrogen-bond donors (Lipinski definition) is 1. The monoisotopic (exact) mass is 372 g/mol. The highest BCUT2D eigenvalue weighted by Gasteiger charge is 2.28. The van der Waals surface area contributed by atoms with Gasteiger partial charge < -0.3 is 5.73 Å². The van der Waals surface area contributed by atoms with E-state index in [1.54, 1.807) is 0 Å². The van der Waals surface area contributed by atoms with Crippen LogP contribution in [0.3, 0.4) is 0 Å². The van der Waals surface area contributed by atoms with Gasteiger partial charge in [-0.05, 0) is 63.3 Å². The zero-order chi connectivity index (χ0) is 15.4. The number of halogens is 2. The third-order valence-electron chi connectivity index (χ3n) is 4.60. The predicted molar refractivity (Wildman–Crippen MR) is 94.8 cm³/mol. The van der Waals surface area contributed by atoms with Crippen LogP contribution >= 0.6 is 27.5 Å². The van der Waals surface area contributed by atoms with E-state index in [4.69, 9.17) is 17.3 Å². The lowest BCUT2D eigenvalue weighted by Crippen LogP contribution is -2.42. The Kier molecular flexibility index (Phi) is 6.54. The first-order chi connectivity index (χ1) is 10.0. The summed E-state index contributed by atoms with van der Waals surface area (Å²) in [5, 5.41) is 0.852. The van der Waals surface area contributed by atoms with E-state index < -0.39 is 0 Å². The van der Waals surface area contributed by atoms with Crippen LogP contribution < -0.4 is 5.73 Å². The molecule has 0 amide bonds. The molecule has 118 valence electrons. The molecule has 21 heavy (non-hydrogen) atoms. The summed E-state index contributed by atoms with van der Waals surface area (Å²) < 4.78 is 1.04. The highest BCUT2D eigenvalue weighted by atomic mass is 79.9. The van der Waals surface area contributed by atoms with E-state index in [-0.39, 0.29) is 0 Å². The number of nitrogens with zero attached hydrogens (tertiary/aromatic N) is 1. The third-order valence-corrected chi connectivity index (χ3v) is 5.42. The molecule has 1 aromatic carbocycles.